The number of hydrogen-bond donors (Lipinski definition) is 2. The Kier molecular flexibility index (Phi) is 5.59. The van der Waals surface area contributed by atoms with E-state index in [1.165, 1.54) is 0 Å². The van der Waals surface area contributed by atoms with Gasteiger partial charge in [0.1, 0.15) is 5.75 Å². The molecule has 1 heterocycles. The van der Waals surface area contributed by atoms with Crippen molar-refractivity contribution < 1.29 is 14.3 Å². The minimum atomic E-state index is -0.576. The van der Waals surface area contributed by atoms with E-state index in [9.17, 15) is 9.59 Å². The van der Waals surface area contributed by atoms with E-state index in [-0.39, 0.29) is 5.91 Å². The second kappa shape index (κ2) is 8.47. The number of carbonyl (C=O) groups excluding carboxylic acids is 2. The van der Waals surface area contributed by atoms with Gasteiger partial charge in [-0.25, -0.2) is 4.79 Å². The van der Waals surface area contributed by atoms with Crippen LogP contribution in [0.15, 0.2) is 72.8 Å². The zero-order chi connectivity index (χ0) is 21.1. The van der Waals surface area contributed by atoms with Gasteiger partial charge in [-0.05, 0) is 55.0 Å². The first-order chi connectivity index (χ1) is 14.5. The molecule has 0 aliphatic carbocycles. The van der Waals surface area contributed by atoms with Crippen LogP contribution in [0.5, 0.6) is 5.75 Å². The van der Waals surface area contributed by atoms with Gasteiger partial charge >= 0.3 is 6.03 Å². The molecular formula is C23H20ClN3O3. The standard InChI is InChI=1S/C23H20ClN3O3/c1-15-22(28)27(14-16-5-3-2-4-6-16)20-13-19(11-12-21(20)30-15)26-23(29)25-18-9-7-17(24)8-10-18/h2-13,15H,14H2,1H3,(H2,25,26,29). The molecule has 1 aliphatic rings. The Balaban J connectivity index is 1.55. The van der Waals surface area contributed by atoms with Gasteiger partial charge < -0.3 is 20.3 Å². The number of urea groups is 1. The minimum Gasteiger partial charge on any atom is -0.479 e. The number of nitrogens with zero attached hydrogens (tertiary/aromatic N) is 1. The van der Waals surface area contributed by atoms with Crippen LogP contribution in [0.1, 0.15) is 12.5 Å². The van der Waals surface area contributed by atoms with Crippen molar-refractivity contribution in [2.24, 2.45) is 0 Å². The summed E-state index contributed by atoms with van der Waals surface area (Å²) in [6, 6.07) is 21.4. The lowest BCUT2D eigenvalue weighted by Gasteiger charge is -2.33. The fourth-order valence-corrected chi connectivity index (χ4v) is 3.37. The monoisotopic (exact) mass is 421 g/mol. The summed E-state index contributed by atoms with van der Waals surface area (Å²) in [5.41, 5.74) is 2.79. The molecule has 6 nitrogen and oxygen atoms in total. The van der Waals surface area contributed by atoms with Crippen molar-refractivity contribution in [3.05, 3.63) is 83.4 Å². The van der Waals surface area contributed by atoms with Crippen LogP contribution in [0.2, 0.25) is 5.02 Å². The van der Waals surface area contributed by atoms with Gasteiger partial charge in [0.25, 0.3) is 5.91 Å². The lowest BCUT2D eigenvalue weighted by Crippen LogP contribution is -2.44. The Labute approximate surface area is 179 Å². The smallest absolute Gasteiger partial charge is 0.323 e. The number of hydrogen-bond acceptors (Lipinski definition) is 3. The Morgan fingerprint density at radius 1 is 1.00 bits per heavy atom. The highest BCUT2D eigenvalue weighted by Crippen LogP contribution is 2.37. The topological polar surface area (TPSA) is 70.7 Å². The predicted octanol–water partition coefficient (Wildman–Crippen LogP) is 5.30. The molecule has 0 radical (unpaired) electrons. The molecule has 0 aromatic heterocycles. The number of benzene rings is 3. The Bertz CT molecular complexity index is 1070. The van der Waals surface area contributed by atoms with Crippen molar-refractivity contribution >= 4 is 40.6 Å². The molecule has 152 valence electrons. The maximum atomic E-state index is 12.8. The SMILES string of the molecule is CC1Oc2ccc(NC(=O)Nc3ccc(Cl)cc3)cc2N(Cc2ccccc2)C1=O. The molecule has 1 aliphatic heterocycles. The van der Waals surface area contributed by atoms with Crippen molar-refractivity contribution in [3.8, 4) is 5.75 Å². The Morgan fingerprint density at radius 3 is 2.40 bits per heavy atom. The van der Waals surface area contributed by atoms with Gasteiger partial charge in [-0.2, -0.15) is 0 Å². The highest BCUT2D eigenvalue weighted by atomic mass is 35.5. The summed E-state index contributed by atoms with van der Waals surface area (Å²) < 4.78 is 5.75. The molecule has 7 heteroatoms. The van der Waals surface area contributed by atoms with Crippen LogP contribution in [0, 0.1) is 0 Å². The zero-order valence-corrected chi connectivity index (χ0v) is 17.0. The van der Waals surface area contributed by atoms with Gasteiger partial charge in [0.15, 0.2) is 6.10 Å². The second-order valence-corrected chi connectivity index (χ2v) is 7.38. The Morgan fingerprint density at radius 2 is 1.67 bits per heavy atom. The molecule has 1 unspecified atom stereocenters. The van der Waals surface area contributed by atoms with Gasteiger partial charge in [-0.15, -0.1) is 0 Å². The molecular weight excluding hydrogens is 402 g/mol. The number of nitrogens with one attached hydrogen (secondary N) is 2. The van der Waals surface area contributed by atoms with E-state index in [0.717, 1.165) is 5.56 Å². The summed E-state index contributed by atoms with van der Waals surface area (Å²) >= 11 is 5.87. The molecule has 0 bridgehead atoms. The third-order valence-electron chi connectivity index (χ3n) is 4.71. The molecule has 1 atom stereocenters. The molecule has 3 aromatic rings. The van der Waals surface area contributed by atoms with Crippen molar-refractivity contribution in [2.45, 2.75) is 19.6 Å². The molecule has 3 aromatic carbocycles. The third kappa shape index (κ3) is 4.39. The van der Waals surface area contributed by atoms with Crippen molar-refractivity contribution in [2.75, 3.05) is 15.5 Å². The van der Waals surface area contributed by atoms with Crippen molar-refractivity contribution in [1.29, 1.82) is 0 Å². The van der Waals surface area contributed by atoms with Crippen molar-refractivity contribution in [1.82, 2.24) is 0 Å². The van der Waals surface area contributed by atoms with Gasteiger partial charge in [-0.1, -0.05) is 41.9 Å². The van der Waals surface area contributed by atoms with E-state index >= 15 is 0 Å². The van der Waals surface area contributed by atoms with E-state index < -0.39 is 12.1 Å². The quantitative estimate of drug-likeness (QED) is 0.600. The number of anilines is 3. The van der Waals surface area contributed by atoms with E-state index in [0.29, 0.717) is 34.4 Å². The average Bonchev–Trinajstić information content (AvgIpc) is 2.74. The second-order valence-electron chi connectivity index (χ2n) is 6.94. The van der Waals surface area contributed by atoms with Crippen LogP contribution < -0.4 is 20.3 Å². The molecule has 0 saturated heterocycles. The maximum absolute atomic E-state index is 12.8. The fourth-order valence-electron chi connectivity index (χ4n) is 3.24. The first-order valence-electron chi connectivity index (χ1n) is 9.49. The minimum absolute atomic E-state index is 0.130. The average molecular weight is 422 g/mol. The van der Waals surface area contributed by atoms with E-state index in [1.807, 2.05) is 30.3 Å². The molecule has 3 amide bonds. The lowest BCUT2D eigenvalue weighted by molar-refractivity contribution is -0.125. The summed E-state index contributed by atoms with van der Waals surface area (Å²) in [5.74, 6) is 0.468. The van der Waals surface area contributed by atoms with Gasteiger partial charge in [0.05, 0.1) is 12.2 Å². The molecule has 4 rings (SSSR count). The predicted molar refractivity (Wildman–Crippen MR) is 118 cm³/mol. The Hall–Kier alpha value is -3.51. The van der Waals surface area contributed by atoms with E-state index in [4.69, 9.17) is 16.3 Å². The van der Waals surface area contributed by atoms with Gasteiger partial charge in [-0.3, -0.25) is 4.79 Å². The summed E-state index contributed by atoms with van der Waals surface area (Å²) in [7, 11) is 0. The maximum Gasteiger partial charge on any atom is 0.323 e. The number of fused-ring (bicyclic) bond motifs is 1. The molecule has 30 heavy (non-hydrogen) atoms. The third-order valence-corrected chi connectivity index (χ3v) is 4.96. The molecule has 0 saturated carbocycles. The van der Waals surface area contributed by atoms with E-state index in [2.05, 4.69) is 10.6 Å². The summed E-state index contributed by atoms with van der Waals surface area (Å²) in [4.78, 5) is 26.8. The summed E-state index contributed by atoms with van der Waals surface area (Å²) in [6.07, 6.45) is -0.576. The van der Waals surface area contributed by atoms with Crippen LogP contribution >= 0.6 is 11.6 Å². The van der Waals surface area contributed by atoms with Crippen LogP contribution in [0.3, 0.4) is 0 Å². The number of amides is 3. The zero-order valence-electron chi connectivity index (χ0n) is 16.3. The van der Waals surface area contributed by atoms with Crippen molar-refractivity contribution in [3.63, 3.8) is 0 Å². The van der Waals surface area contributed by atoms with Gasteiger partial charge in [0.2, 0.25) is 0 Å². The normalized spacial score (nSPS) is 15.2. The van der Waals surface area contributed by atoms with Crippen LogP contribution in [0.4, 0.5) is 21.9 Å². The van der Waals surface area contributed by atoms with Crippen LogP contribution in [-0.2, 0) is 11.3 Å². The molecule has 0 spiro atoms. The summed E-state index contributed by atoms with van der Waals surface area (Å²) in [5, 5.41) is 6.12. The lowest BCUT2D eigenvalue weighted by atomic mass is 10.1. The molecule has 2 N–H and O–H groups in total. The highest BCUT2D eigenvalue weighted by molar-refractivity contribution is 6.30. The number of halogens is 1. The highest BCUT2D eigenvalue weighted by Gasteiger charge is 2.31. The van der Waals surface area contributed by atoms with Crippen LogP contribution in [-0.4, -0.2) is 18.0 Å². The number of rotatable bonds is 4. The number of carbonyl (C=O) groups is 2. The fraction of sp³-hybridized carbons (Fsp3) is 0.130. The molecule has 0 fully saturated rings. The summed E-state index contributed by atoms with van der Waals surface area (Å²) in [6.45, 7) is 2.15. The van der Waals surface area contributed by atoms with E-state index in [1.54, 1.807) is 54.3 Å². The first kappa shape index (κ1) is 19.8. The van der Waals surface area contributed by atoms with Gasteiger partial charge in [0, 0.05) is 16.4 Å². The largest absolute Gasteiger partial charge is 0.479 e. The van der Waals surface area contributed by atoms with Crippen LogP contribution in [0.25, 0.3) is 0 Å². The first-order valence-corrected chi connectivity index (χ1v) is 9.87. The number of ether oxygens (including phenoxy) is 1.